The number of nitrogens with zero attached hydrogens (tertiary/aromatic N) is 1. The minimum atomic E-state index is -0.836. The number of hydrogen-bond acceptors (Lipinski definition) is 2. The van der Waals surface area contributed by atoms with Gasteiger partial charge in [0.05, 0.1) is 17.2 Å². The van der Waals surface area contributed by atoms with Crippen LogP contribution in [0, 0.1) is 25.2 Å². The van der Waals surface area contributed by atoms with Crippen LogP contribution >= 0.6 is 0 Å². The van der Waals surface area contributed by atoms with E-state index in [9.17, 15) is 10.4 Å². The molecule has 0 aliphatic rings. The van der Waals surface area contributed by atoms with Gasteiger partial charge in [0.2, 0.25) is 0 Å². The maximum Gasteiger partial charge on any atom is 0.0994 e. The van der Waals surface area contributed by atoms with E-state index in [1.54, 1.807) is 13.8 Å². The van der Waals surface area contributed by atoms with Crippen LogP contribution in [0.3, 0.4) is 0 Å². The van der Waals surface area contributed by atoms with E-state index in [-0.39, 0.29) is 0 Å². The Labute approximate surface area is 173 Å². The lowest BCUT2D eigenvalue weighted by Crippen LogP contribution is -2.15. The van der Waals surface area contributed by atoms with Crippen molar-refractivity contribution in [1.82, 2.24) is 0 Å². The Balaban J connectivity index is 1.98. The fourth-order valence-electron chi connectivity index (χ4n) is 3.49. The first-order valence-corrected chi connectivity index (χ1v) is 9.83. The summed E-state index contributed by atoms with van der Waals surface area (Å²) < 4.78 is 0. The molecule has 0 atom stereocenters. The summed E-state index contributed by atoms with van der Waals surface area (Å²) in [5.74, 6) is 0. The van der Waals surface area contributed by atoms with E-state index in [4.69, 9.17) is 0 Å². The standard InChI is InChI=1S/C27H27NO/c1-18-9-10-23(16-24(18)17-28)26-8-6-7-22(20(26)3)15-19(2)21-11-13-25(14-12-21)27(4,5)29/h6-16,29H,1-5H3/b19-15+. The van der Waals surface area contributed by atoms with Gasteiger partial charge in [-0.25, -0.2) is 0 Å². The Morgan fingerprint density at radius 2 is 1.69 bits per heavy atom. The average Bonchev–Trinajstić information content (AvgIpc) is 2.69. The van der Waals surface area contributed by atoms with Crippen molar-refractivity contribution in [2.24, 2.45) is 0 Å². The highest BCUT2D eigenvalue weighted by Crippen LogP contribution is 2.30. The van der Waals surface area contributed by atoms with Crippen molar-refractivity contribution in [2.45, 2.75) is 40.2 Å². The van der Waals surface area contributed by atoms with Crippen LogP contribution in [0.2, 0.25) is 0 Å². The first kappa shape index (κ1) is 20.6. The van der Waals surface area contributed by atoms with Crippen molar-refractivity contribution in [1.29, 1.82) is 5.26 Å². The molecule has 0 saturated carbocycles. The third-order valence-electron chi connectivity index (χ3n) is 5.46. The van der Waals surface area contributed by atoms with Crippen molar-refractivity contribution in [2.75, 3.05) is 0 Å². The van der Waals surface area contributed by atoms with Gasteiger partial charge < -0.3 is 5.11 Å². The lowest BCUT2D eigenvalue weighted by Gasteiger charge is -2.18. The quantitative estimate of drug-likeness (QED) is 0.515. The van der Waals surface area contributed by atoms with Crippen LogP contribution in [0.1, 0.15) is 54.2 Å². The van der Waals surface area contributed by atoms with Gasteiger partial charge >= 0.3 is 0 Å². The predicted molar refractivity (Wildman–Crippen MR) is 121 cm³/mol. The zero-order valence-corrected chi connectivity index (χ0v) is 17.7. The smallest absolute Gasteiger partial charge is 0.0994 e. The summed E-state index contributed by atoms with van der Waals surface area (Å²) in [7, 11) is 0. The van der Waals surface area contributed by atoms with Crippen LogP contribution in [0.4, 0.5) is 0 Å². The predicted octanol–water partition coefficient (Wildman–Crippen LogP) is 6.63. The van der Waals surface area contributed by atoms with Gasteiger partial charge in [-0.15, -0.1) is 0 Å². The number of allylic oxidation sites excluding steroid dienone is 1. The second-order valence-corrected chi connectivity index (χ2v) is 8.13. The number of aryl methyl sites for hydroxylation is 1. The van der Waals surface area contributed by atoms with Crippen molar-refractivity contribution in [3.8, 4) is 17.2 Å². The van der Waals surface area contributed by atoms with Gasteiger partial charge in [0.25, 0.3) is 0 Å². The number of aliphatic hydroxyl groups is 1. The summed E-state index contributed by atoms with van der Waals surface area (Å²) in [5.41, 5.74) is 8.61. The Morgan fingerprint density at radius 1 is 1.00 bits per heavy atom. The molecule has 0 spiro atoms. The van der Waals surface area contributed by atoms with Crippen LogP contribution in [-0.2, 0) is 5.60 Å². The van der Waals surface area contributed by atoms with E-state index in [2.05, 4.69) is 62.4 Å². The molecule has 29 heavy (non-hydrogen) atoms. The molecule has 0 unspecified atom stereocenters. The summed E-state index contributed by atoms with van der Waals surface area (Å²) in [5, 5.41) is 19.5. The Kier molecular flexibility index (Phi) is 5.73. The highest BCUT2D eigenvalue weighted by atomic mass is 16.3. The molecule has 3 aromatic rings. The summed E-state index contributed by atoms with van der Waals surface area (Å²) in [6, 6.07) is 22.7. The van der Waals surface area contributed by atoms with E-state index >= 15 is 0 Å². The molecular weight excluding hydrogens is 354 g/mol. The summed E-state index contributed by atoms with van der Waals surface area (Å²) >= 11 is 0. The van der Waals surface area contributed by atoms with Gasteiger partial charge in [-0.2, -0.15) is 5.26 Å². The zero-order valence-electron chi connectivity index (χ0n) is 17.7. The number of rotatable bonds is 4. The largest absolute Gasteiger partial charge is 0.386 e. The first-order chi connectivity index (χ1) is 13.7. The maximum atomic E-state index is 10.1. The molecule has 0 amide bonds. The van der Waals surface area contributed by atoms with E-state index in [0.717, 1.165) is 39.0 Å². The number of hydrogen-bond donors (Lipinski definition) is 1. The van der Waals surface area contributed by atoms with Gasteiger partial charge in [-0.05, 0) is 85.2 Å². The summed E-state index contributed by atoms with van der Waals surface area (Å²) in [6.07, 6.45) is 2.19. The molecule has 0 heterocycles. The first-order valence-electron chi connectivity index (χ1n) is 9.83. The van der Waals surface area contributed by atoms with Crippen LogP contribution < -0.4 is 0 Å². The molecule has 1 N–H and O–H groups in total. The number of benzene rings is 3. The highest BCUT2D eigenvalue weighted by molar-refractivity contribution is 5.83. The van der Waals surface area contributed by atoms with Crippen LogP contribution in [-0.4, -0.2) is 5.11 Å². The van der Waals surface area contributed by atoms with Crippen LogP contribution in [0.15, 0.2) is 60.7 Å². The fourth-order valence-corrected chi connectivity index (χ4v) is 3.49. The lowest BCUT2D eigenvalue weighted by atomic mass is 9.92. The van der Waals surface area contributed by atoms with E-state index < -0.39 is 5.60 Å². The van der Waals surface area contributed by atoms with E-state index in [0.29, 0.717) is 5.56 Å². The molecule has 2 heteroatoms. The lowest BCUT2D eigenvalue weighted by molar-refractivity contribution is 0.0786. The average molecular weight is 382 g/mol. The SMILES string of the molecule is C/C(=C\c1cccc(-c2ccc(C)c(C#N)c2)c1C)c1ccc(C(C)(C)O)cc1. The third kappa shape index (κ3) is 4.47. The minimum absolute atomic E-state index is 0.714. The van der Waals surface area contributed by atoms with Gasteiger partial charge in [0.15, 0.2) is 0 Å². The van der Waals surface area contributed by atoms with Gasteiger partial charge in [-0.1, -0.05) is 60.7 Å². The van der Waals surface area contributed by atoms with Crippen molar-refractivity contribution < 1.29 is 5.11 Å². The molecule has 0 bridgehead atoms. The highest BCUT2D eigenvalue weighted by Gasteiger charge is 2.15. The molecular formula is C27H27NO. The topological polar surface area (TPSA) is 44.0 Å². The van der Waals surface area contributed by atoms with Crippen molar-refractivity contribution >= 4 is 11.6 Å². The Hall–Kier alpha value is -3.15. The third-order valence-corrected chi connectivity index (χ3v) is 5.46. The minimum Gasteiger partial charge on any atom is -0.386 e. The fraction of sp³-hybridized carbons (Fsp3) is 0.222. The normalized spacial score (nSPS) is 12.0. The Bertz CT molecular complexity index is 1110. The molecule has 0 fully saturated rings. The zero-order chi connectivity index (χ0) is 21.2. The van der Waals surface area contributed by atoms with Crippen molar-refractivity contribution in [3.05, 3.63) is 94.0 Å². The van der Waals surface area contributed by atoms with E-state index in [1.807, 2.05) is 31.2 Å². The second kappa shape index (κ2) is 8.07. The maximum absolute atomic E-state index is 10.1. The summed E-state index contributed by atoms with van der Waals surface area (Å²) in [6.45, 7) is 9.77. The molecule has 2 nitrogen and oxygen atoms in total. The van der Waals surface area contributed by atoms with Gasteiger partial charge in [0.1, 0.15) is 0 Å². The molecule has 0 aliphatic heterocycles. The molecule has 0 saturated heterocycles. The van der Waals surface area contributed by atoms with E-state index in [1.165, 1.54) is 5.56 Å². The van der Waals surface area contributed by atoms with Crippen LogP contribution in [0.25, 0.3) is 22.8 Å². The Morgan fingerprint density at radius 3 is 2.31 bits per heavy atom. The second-order valence-electron chi connectivity index (χ2n) is 8.13. The molecule has 3 aromatic carbocycles. The molecule has 0 radical (unpaired) electrons. The summed E-state index contributed by atoms with van der Waals surface area (Å²) in [4.78, 5) is 0. The number of nitriles is 1. The molecule has 0 aromatic heterocycles. The molecule has 3 rings (SSSR count). The van der Waals surface area contributed by atoms with Gasteiger partial charge in [0, 0.05) is 0 Å². The molecule has 0 aliphatic carbocycles. The molecule has 146 valence electrons. The van der Waals surface area contributed by atoms with Crippen molar-refractivity contribution in [3.63, 3.8) is 0 Å². The monoisotopic (exact) mass is 381 g/mol. The van der Waals surface area contributed by atoms with Gasteiger partial charge in [-0.3, -0.25) is 0 Å². The van der Waals surface area contributed by atoms with Crippen LogP contribution in [0.5, 0.6) is 0 Å².